The highest BCUT2D eigenvalue weighted by atomic mass is 35.5. The average Bonchev–Trinajstić information content (AvgIpc) is 2.76. The van der Waals surface area contributed by atoms with E-state index < -0.39 is 46.8 Å². The van der Waals surface area contributed by atoms with Crippen molar-refractivity contribution in [2.45, 2.75) is 56.1 Å². The highest BCUT2D eigenvalue weighted by Gasteiger charge is 2.32. The summed E-state index contributed by atoms with van der Waals surface area (Å²) in [5.41, 5.74) is 9.47. The molecule has 36 heavy (non-hydrogen) atoms. The number of hydrogen-bond acceptors (Lipinski definition) is 5. The van der Waals surface area contributed by atoms with Crippen LogP contribution in [0.1, 0.15) is 54.4 Å². The van der Waals surface area contributed by atoms with Crippen LogP contribution in [0.2, 0.25) is 0 Å². The first kappa shape index (κ1) is 29.1. The van der Waals surface area contributed by atoms with Crippen molar-refractivity contribution in [1.82, 2.24) is 5.32 Å². The van der Waals surface area contributed by atoms with Crippen LogP contribution in [0.25, 0.3) is 0 Å². The molecule has 1 aliphatic rings. The minimum atomic E-state index is -4.71. The number of ketones is 1. The molecule has 0 saturated carbocycles. The van der Waals surface area contributed by atoms with E-state index in [0.29, 0.717) is 11.6 Å². The molecule has 1 heterocycles. The summed E-state index contributed by atoms with van der Waals surface area (Å²) in [5, 5.41) is 11.3. The van der Waals surface area contributed by atoms with Gasteiger partial charge in [0.25, 0.3) is 0 Å². The maximum atomic E-state index is 13.2. The first-order valence-electron chi connectivity index (χ1n) is 10.7. The molecule has 0 radical (unpaired) electrons. The SMILES string of the molecule is NC(N)=Nc1cc(C(=O)CCCCC(=O)NC(CC(=O)O)C2=CN=C(Cl)C(Cl)C2)cc(C(F)(F)F)c1. The summed E-state index contributed by atoms with van der Waals surface area (Å²) in [7, 11) is 0. The largest absolute Gasteiger partial charge is 0.481 e. The fourth-order valence-corrected chi connectivity index (χ4v) is 3.74. The molecule has 0 aliphatic carbocycles. The van der Waals surface area contributed by atoms with Crippen molar-refractivity contribution in [3.05, 3.63) is 41.1 Å². The number of nitrogens with one attached hydrogen (secondary N) is 1. The van der Waals surface area contributed by atoms with Crippen LogP contribution in [-0.4, -0.2) is 45.3 Å². The number of nitrogens with zero attached hydrogens (tertiary/aromatic N) is 2. The van der Waals surface area contributed by atoms with Crippen LogP contribution in [0.3, 0.4) is 0 Å². The molecule has 0 aromatic heterocycles. The van der Waals surface area contributed by atoms with Crippen molar-refractivity contribution in [2.75, 3.05) is 0 Å². The second-order valence-electron chi connectivity index (χ2n) is 7.98. The predicted octanol–water partition coefficient (Wildman–Crippen LogP) is 3.85. The third-order valence-corrected chi connectivity index (χ3v) is 5.91. The molecule has 1 aromatic rings. The number of carbonyl (C=O) groups is 3. The Morgan fingerprint density at radius 3 is 2.44 bits per heavy atom. The fourth-order valence-electron chi connectivity index (χ4n) is 3.38. The van der Waals surface area contributed by atoms with Gasteiger partial charge in [-0.3, -0.25) is 14.4 Å². The first-order valence-corrected chi connectivity index (χ1v) is 11.5. The van der Waals surface area contributed by atoms with E-state index in [1.54, 1.807) is 0 Å². The molecule has 0 saturated heterocycles. The van der Waals surface area contributed by atoms with Crippen molar-refractivity contribution < 1.29 is 32.7 Å². The number of carboxylic acid groups (broad SMARTS) is 1. The molecular weight excluding hydrogens is 526 g/mol. The van der Waals surface area contributed by atoms with E-state index in [1.807, 2.05) is 0 Å². The topological polar surface area (TPSA) is 160 Å². The van der Waals surface area contributed by atoms with Crippen molar-refractivity contribution in [1.29, 1.82) is 0 Å². The molecule has 0 fully saturated rings. The van der Waals surface area contributed by atoms with Gasteiger partial charge in [-0.05, 0) is 43.0 Å². The van der Waals surface area contributed by atoms with Gasteiger partial charge in [0.1, 0.15) is 5.17 Å². The molecule has 14 heteroatoms. The summed E-state index contributed by atoms with van der Waals surface area (Å²) in [6.45, 7) is 0. The lowest BCUT2D eigenvalue weighted by molar-refractivity contribution is -0.138. The summed E-state index contributed by atoms with van der Waals surface area (Å²) >= 11 is 11.9. The number of Topliss-reactive ketones (excluding diaryl/α,β-unsaturated/α-hetero) is 1. The van der Waals surface area contributed by atoms with Gasteiger partial charge in [0.15, 0.2) is 11.7 Å². The summed E-state index contributed by atoms with van der Waals surface area (Å²) < 4.78 is 39.5. The molecule has 2 rings (SSSR count). The number of hydrogen-bond donors (Lipinski definition) is 4. The number of nitrogens with two attached hydrogens (primary N) is 2. The van der Waals surface area contributed by atoms with Crippen LogP contribution in [-0.2, 0) is 15.8 Å². The highest BCUT2D eigenvalue weighted by molar-refractivity contribution is 6.71. The molecule has 6 N–H and O–H groups in total. The zero-order valence-electron chi connectivity index (χ0n) is 18.8. The van der Waals surface area contributed by atoms with E-state index in [9.17, 15) is 27.6 Å². The van der Waals surface area contributed by atoms with Crippen molar-refractivity contribution >= 4 is 57.7 Å². The number of carboxylic acids is 1. The van der Waals surface area contributed by atoms with Gasteiger partial charge >= 0.3 is 12.1 Å². The van der Waals surface area contributed by atoms with Gasteiger partial charge in [0, 0.05) is 24.6 Å². The van der Waals surface area contributed by atoms with Gasteiger partial charge in [-0.2, -0.15) is 13.2 Å². The van der Waals surface area contributed by atoms with Crippen LogP contribution in [0, 0.1) is 0 Å². The van der Waals surface area contributed by atoms with Gasteiger partial charge in [-0.25, -0.2) is 9.98 Å². The summed E-state index contributed by atoms with van der Waals surface area (Å²) in [5.74, 6) is -2.64. The molecule has 2 atom stereocenters. The van der Waals surface area contributed by atoms with Crippen LogP contribution in [0.15, 0.2) is 40.0 Å². The van der Waals surface area contributed by atoms with Gasteiger partial charge < -0.3 is 21.9 Å². The minimum Gasteiger partial charge on any atom is -0.481 e. The standard InChI is InChI=1S/C22H24Cl2F3N5O4/c23-15-7-12(10-30-20(15)24)16(9-19(35)36)32-18(34)4-2-1-3-17(33)11-5-13(22(25,26)27)8-14(6-11)31-21(28)29/h5-6,8,10,15-16H,1-4,7,9H2,(H,32,34)(H,35,36)(H4,28,29,31). The van der Waals surface area contributed by atoms with Crippen molar-refractivity contribution in [3.8, 4) is 0 Å². The van der Waals surface area contributed by atoms with Crippen LogP contribution < -0.4 is 16.8 Å². The van der Waals surface area contributed by atoms with Gasteiger partial charge in [0.05, 0.1) is 29.1 Å². The molecule has 1 amide bonds. The lowest BCUT2D eigenvalue weighted by Gasteiger charge is -2.23. The molecule has 1 aromatic carbocycles. The van der Waals surface area contributed by atoms with E-state index in [0.717, 1.165) is 12.1 Å². The number of unbranched alkanes of at least 4 members (excludes halogenated alkanes) is 1. The Bertz CT molecular complexity index is 1100. The normalized spacial score (nSPS) is 16.4. The third-order valence-electron chi connectivity index (χ3n) is 5.07. The molecule has 196 valence electrons. The van der Waals surface area contributed by atoms with Crippen molar-refractivity contribution in [3.63, 3.8) is 0 Å². The Balaban J connectivity index is 1.96. The number of rotatable bonds is 11. The van der Waals surface area contributed by atoms with Gasteiger partial charge in [-0.15, -0.1) is 11.6 Å². The molecule has 0 spiro atoms. The molecule has 0 bridgehead atoms. The van der Waals surface area contributed by atoms with Crippen LogP contribution in [0.4, 0.5) is 18.9 Å². The van der Waals surface area contributed by atoms with E-state index in [1.165, 1.54) is 6.20 Å². The Hall–Kier alpha value is -3.12. The molecule has 2 unspecified atom stereocenters. The average molecular weight is 550 g/mol. The maximum Gasteiger partial charge on any atom is 0.416 e. The third kappa shape index (κ3) is 9.15. The predicted molar refractivity (Wildman–Crippen MR) is 130 cm³/mol. The Morgan fingerprint density at radius 2 is 1.86 bits per heavy atom. The lowest BCUT2D eigenvalue weighted by atomic mass is 9.98. The van der Waals surface area contributed by atoms with Crippen molar-refractivity contribution in [2.24, 2.45) is 21.5 Å². The summed E-state index contributed by atoms with van der Waals surface area (Å²) in [6.07, 6.45) is -3.22. The fraction of sp³-hybridized carbons (Fsp3) is 0.409. The zero-order valence-corrected chi connectivity index (χ0v) is 20.3. The first-order chi connectivity index (χ1) is 16.8. The van der Waals surface area contributed by atoms with Crippen LogP contribution >= 0.6 is 23.2 Å². The number of halogens is 5. The Kier molecular flexibility index (Phi) is 10.3. The monoisotopic (exact) mass is 549 g/mol. The number of guanidine groups is 1. The Labute approximate surface area is 214 Å². The smallest absolute Gasteiger partial charge is 0.416 e. The number of aliphatic imine (C=N–C) groups is 2. The Morgan fingerprint density at radius 1 is 1.19 bits per heavy atom. The summed E-state index contributed by atoms with van der Waals surface area (Å²) in [6, 6.07) is 1.75. The quantitative estimate of drug-likeness (QED) is 0.108. The minimum absolute atomic E-state index is 0.0349. The van der Waals surface area contributed by atoms with Gasteiger partial charge in [-0.1, -0.05) is 11.6 Å². The second kappa shape index (κ2) is 12.7. The highest BCUT2D eigenvalue weighted by Crippen LogP contribution is 2.33. The molecule has 1 aliphatic heterocycles. The van der Waals surface area contributed by atoms with E-state index in [2.05, 4.69) is 15.3 Å². The molecule has 9 nitrogen and oxygen atoms in total. The lowest BCUT2D eigenvalue weighted by Crippen LogP contribution is -2.39. The molecular formula is C22H24Cl2F3N5O4. The maximum absolute atomic E-state index is 13.2. The second-order valence-corrected chi connectivity index (χ2v) is 8.89. The number of alkyl halides is 4. The summed E-state index contributed by atoms with van der Waals surface area (Å²) in [4.78, 5) is 43.6. The van der Waals surface area contributed by atoms with E-state index >= 15 is 0 Å². The number of carbonyl (C=O) groups excluding carboxylic acids is 2. The van der Waals surface area contributed by atoms with Gasteiger partial charge in [0.2, 0.25) is 5.91 Å². The van der Waals surface area contributed by atoms with E-state index in [4.69, 9.17) is 39.8 Å². The van der Waals surface area contributed by atoms with Crippen LogP contribution in [0.5, 0.6) is 0 Å². The zero-order chi connectivity index (χ0) is 27.0. The number of benzene rings is 1. The number of amides is 1. The number of aliphatic carboxylic acids is 1. The van der Waals surface area contributed by atoms with E-state index in [-0.39, 0.29) is 54.9 Å².